The van der Waals surface area contributed by atoms with Crippen molar-refractivity contribution in [3.8, 4) is 5.75 Å². The van der Waals surface area contributed by atoms with Gasteiger partial charge in [-0.05, 0) is 37.8 Å². The topological polar surface area (TPSA) is 55.8 Å². The summed E-state index contributed by atoms with van der Waals surface area (Å²) in [7, 11) is 0. The number of aromatic carboxylic acids is 1. The van der Waals surface area contributed by atoms with Crippen LogP contribution in [0.4, 0.5) is 0 Å². The highest BCUT2D eigenvalue weighted by Crippen LogP contribution is 2.32. The van der Waals surface area contributed by atoms with E-state index < -0.39 is 5.97 Å². The summed E-state index contributed by atoms with van der Waals surface area (Å²) in [4.78, 5) is 11.2. The molecule has 1 atom stereocenters. The van der Waals surface area contributed by atoms with E-state index in [1.54, 1.807) is 0 Å². The molecule has 4 nitrogen and oxygen atoms in total. The SMILES string of the molecule is O=C(O)c1cc(Cl)cc(Cl)c1OCCCC1CCCO1. The molecular formula is C14H16Cl2O4. The van der Waals surface area contributed by atoms with Gasteiger partial charge in [-0.3, -0.25) is 0 Å². The molecule has 0 aliphatic carbocycles. The number of hydrogen-bond donors (Lipinski definition) is 1. The molecule has 0 spiro atoms. The van der Waals surface area contributed by atoms with Crippen molar-refractivity contribution in [2.75, 3.05) is 13.2 Å². The van der Waals surface area contributed by atoms with Crippen molar-refractivity contribution in [3.05, 3.63) is 27.7 Å². The van der Waals surface area contributed by atoms with E-state index in [9.17, 15) is 4.79 Å². The summed E-state index contributed by atoms with van der Waals surface area (Å²) in [5, 5.41) is 9.62. The molecule has 1 aliphatic heterocycles. The minimum Gasteiger partial charge on any atom is -0.491 e. The first-order chi connectivity index (χ1) is 9.58. The lowest BCUT2D eigenvalue weighted by Crippen LogP contribution is -2.09. The molecule has 1 saturated heterocycles. The predicted octanol–water partition coefficient (Wildman–Crippen LogP) is 4.03. The van der Waals surface area contributed by atoms with Gasteiger partial charge in [-0.1, -0.05) is 23.2 Å². The van der Waals surface area contributed by atoms with Crippen molar-refractivity contribution in [2.45, 2.75) is 31.8 Å². The Morgan fingerprint density at radius 1 is 1.45 bits per heavy atom. The standard InChI is InChI=1S/C14H16Cl2O4/c15-9-7-11(14(17)18)13(12(16)8-9)20-6-2-4-10-3-1-5-19-10/h7-8,10H,1-6H2,(H,17,18). The van der Waals surface area contributed by atoms with Crippen LogP contribution in [0.15, 0.2) is 12.1 Å². The second-order valence-electron chi connectivity index (χ2n) is 4.70. The summed E-state index contributed by atoms with van der Waals surface area (Å²) < 4.78 is 11.0. The number of halogens is 2. The lowest BCUT2D eigenvalue weighted by Gasteiger charge is -2.13. The van der Waals surface area contributed by atoms with Crippen molar-refractivity contribution < 1.29 is 19.4 Å². The first kappa shape index (κ1) is 15.4. The molecule has 1 fully saturated rings. The quantitative estimate of drug-likeness (QED) is 0.804. The number of carboxylic acid groups (broad SMARTS) is 1. The minimum absolute atomic E-state index is 0.0142. The largest absolute Gasteiger partial charge is 0.491 e. The smallest absolute Gasteiger partial charge is 0.339 e. The second-order valence-corrected chi connectivity index (χ2v) is 5.54. The third-order valence-electron chi connectivity index (χ3n) is 3.18. The predicted molar refractivity (Wildman–Crippen MR) is 77.1 cm³/mol. The highest BCUT2D eigenvalue weighted by Gasteiger charge is 2.18. The fourth-order valence-electron chi connectivity index (χ4n) is 2.22. The van der Waals surface area contributed by atoms with Gasteiger partial charge >= 0.3 is 5.97 Å². The summed E-state index contributed by atoms with van der Waals surface area (Å²) in [6, 6.07) is 2.82. The first-order valence-electron chi connectivity index (χ1n) is 6.54. The van der Waals surface area contributed by atoms with Gasteiger partial charge in [0.1, 0.15) is 5.56 Å². The number of benzene rings is 1. The van der Waals surface area contributed by atoms with Crippen LogP contribution in [-0.4, -0.2) is 30.4 Å². The Morgan fingerprint density at radius 3 is 2.90 bits per heavy atom. The maximum Gasteiger partial charge on any atom is 0.339 e. The highest BCUT2D eigenvalue weighted by atomic mass is 35.5. The summed E-state index contributed by atoms with van der Waals surface area (Å²) in [5.74, 6) is -0.931. The first-order valence-corrected chi connectivity index (χ1v) is 7.30. The van der Waals surface area contributed by atoms with Crippen LogP contribution in [0.25, 0.3) is 0 Å². The molecule has 1 aromatic carbocycles. The van der Waals surface area contributed by atoms with Crippen LogP contribution in [0.1, 0.15) is 36.0 Å². The Balaban J connectivity index is 1.92. The van der Waals surface area contributed by atoms with Crippen molar-refractivity contribution in [1.29, 1.82) is 0 Å². The number of carboxylic acids is 1. The average molecular weight is 319 g/mol. The molecule has 20 heavy (non-hydrogen) atoms. The zero-order valence-corrected chi connectivity index (χ0v) is 12.4. The molecule has 1 heterocycles. The summed E-state index contributed by atoms with van der Waals surface area (Å²) in [6.07, 6.45) is 4.20. The van der Waals surface area contributed by atoms with Crippen LogP contribution in [-0.2, 0) is 4.74 Å². The summed E-state index contributed by atoms with van der Waals surface area (Å²) in [6.45, 7) is 1.24. The van der Waals surface area contributed by atoms with Crippen molar-refractivity contribution in [3.63, 3.8) is 0 Å². The van der Waals surface area contributed by atoms with Crippen molar-refractivity contribution in [1.82, 2.24) is 0 Å². The van der Waals surface area contributed by atoms with Crippen LogP contribution < -0.4 is 4.74 Å². The summed E-state index contributed by atoms with van der Waals surface area (Å²) >= 11 is 11.8. The minimum atomic E-state index is -1.11. The average Bonchev–Trinajstić information content (AvgIpc) is 2.88. The highest BCUT2D eigenvalue weighted by molar-refractivity contribution is 6.36. The molecule has 1 aromatic rings. The van der Waals surface area contributed by atoms with Gasteiger partial charge in [-0.25, -0.2) is 4.79 Å². The molecule has 0 aromatic heterocycles. The third kappa shape index (κ3) is 4.01. The number of carbonyl (C=O) groups is 1. The molecule has 0 radical (unpaired) electrons. The van der Waals surface area contributed by atoms with Gasteiger partial charge in [0.2, 0.25) is 0 Å². The maximum absolute atomic E-state index is 11.2. The Morgan fingerprint density at radius 2 is 2.25 bits per heavy atom. The molecule has 0 amide bonds. The molecule has 6 heteroatoms. The molecule has 2 rings (SSSR count). The van der Waals surface area contributed by atoms with Crippen molar-refractivity contribution in [2.24, 2.45) is 0 Å². The van der Waals surface area contributed by atoms with Crippen LogP contribution in [0.3, 0.4) is 0 Å². The van der Waals surface area contributed by atoms with Gasteiger partial charge in [0.25, 0.3) is 0 Å². The lowest BCUT2D eigenvalue weighted by molar-refractivity contribution is 0.0690. The van der Waals surface area contributed by atoms with E-state index >= 15 is 0 Å². The van der Waals surface area contributed by atoms with Crippen molar-refractivity contribution >= 4 is 29.2 Å². The van der Waals surface area contributed by atoms with E-state index in [0.29, 0.717) is 12.7 Å². The third-order valence-corrected chi connectivity index (χ3v) is 3.68. The zero-order chi connectivity index (χ0) is 14.5. The molecule has 1 aliphatic rings. The fourth-order valence-corrected chi connectivity index (χ4v) is 2.77. The molecule has 0 bridgehead atoms. The normalized spacial score (nSPS) is 18.2. The van der Waals surface area contributed by atoms with Gasteiger partial charge in [-0.2, -0.15) is 0 Å². The van der Waals surface area contributed by atoms with Crippen LogP contribution >= 0.6 is 23.2 Å². The van der Waals surface area contributed by atoms with Gasteiger partial charge in [0.15, 0.2) is 5.75 Å². The maximum atomic E-state index is 11.2. The summed E-state index contributed by atoms with van der Waals surface area (Å²) in [5.41, 5.74) is -0.0142. The van der Waals surface area contributed by atoms with Gasteiger partial charge < -0.3 is 14.6 Å². The number of ether oxygens (including phenoxy) is 2. The Labute approximate surface area is 127 Å². The Kier molecular flexibility index (Phi) is 5.52. The van der Waals surface area contributed by atoms with Gasteiger partial charge in [0, 0.05) is 11.6 Å². The monoisotopic (exact) mass is 318 g/mol. The Hall–Kier alpha value is -0.970. The number of rotatable bonds is 6. The molecule has 1 unspecified atom stereocenters. The van der Waals surface area contributed by atoms with E-state index in [4.69, 9.17) is 37.8 Å². The van der Waals surface area contributed by atoms with E-state index in [1.165, 1.54) is 12.1 Å². The van der Waals surface area contributed by atoms with E-state index in [2.05, 4.69) is 0 Å². The molecule has 110 valence electrons. The van der Waals surface area contributed by atoms with Gasteiger partial charge in [-0.15, -0.1) is 0 Å². The second kappa shape index (κ2) is 7.16. The lowest BCUT2D eigenvalue weighted by atomic mass is 10.1. The van der Waals surface area contributed by atoms with Gasteiger partial charge in [0.05, 0.1) is 17.7 Å². The van der Waals surface area contributed by atoms with E-state index in [0.717, 1.165) is 32.3 Å². The van der Waals surface area contributed by atoms with Crippen LogP contribution in [0.2, 0.25) is 10.0 Å². The Bertz CT molecular complexity index is 484. The number of hydrogen-bond acceptors (Lipinski definition) is 3. The zero-order valence-electron chi connectivity index (χ0n) is 10.9. The molecule has 1 N–H and O–H groups in total. The molecule has 0 saturated carbocycles. The fraction of sp³-hybridized carbons (Fsp3) is 0.500. The van der Waals surface area contributed by atoms with Crippen LogP contribution in [0, 0.1) is 0 Å². The molecular weight excluding hydrogens is 303 g/mol. The van der Waals surface area contributed by atoms with Crippen LogP contribution in [0.5, 0.6) is 5.75 Å². The van der Waals surface area contributed by atoms with E-state index in [1.807, 2.05) is 0 Å². The van der Waals surface area contributed by atoms with E-state index in [-0.39, 0.29) is 21.4 Å².